The van der Waals surface area contributed by atoms with E-state index in [1.165, 1.54) is 0 Å². The highest BCUT2D eigenvalue weighted by atomic mass is 35.5. The first-order valence-corrected chi connectivity index (χ1v) is 4.57. The van der Waals surface area contributed by atoms with Gasteiger partial charge >= 0.3 is 0 Å². The van der Waals surface area contributed by atoms with Gasteiger partial charge in [0, 0.05) is 16.6 Å². The van der Waals surface area contributed by atoms with Crippen LogP contribution in [0, 0.1) is 11.3 Å². The molecule has 1 aromatic rings. The molecule has 0 aromatic heterocycles. The van der Waals surface area contributed by atoms with E-state index in [4.69, 9.17) is 27.3 Å². The van der Waals surface area contributed by atoms with Crippen molar-refractivity contribution in [2.45, 2.75) is 13.0 Å². The molecule has 0 saturated heterocycles. The minimum absolute atomic E-state index is 0.0152. The molecule has 0 fully saturated rings. The first-order valence-electron chi connectivity index (χ1n) is 4.20. The molecule has 3 nitrogen and oxygen atoms in total. The molecule has 2 N–H and O–H groups in total. The van der Waals surface area contributed by atoms with Crippen LogP contribution in [0.2, 0.25) is 5.02 Å². The number of nitrogens with zero attached hydrogens (tertiary/aromatic N) is 1. The van der Waals surface area contributed by atoms with Gasteiger partial charge in [0.1, 0.15) is 11.8 Å². The van der Waals surface area contributed by atoms with Crippen molar-refractivity contribution in [3.63, 3.8) is 0 Å². The lowest BCUT2D eigenvalue weighted by molar-refractivity contribution is 0.362. The zero-order chi connectivity index (χ0) is 10.6. The fourth-order valence-electron chi connectivity index (χ4n) is 1.12. The molecule has 0 spiro atoms. The van der Waals surface area contributed by atoms with Crippen LogP contribution in [0.15, 0.2) is 18.2 Å². The number of rotatable bonds is 3. The normalized spacial score (nSPS) is 11.9. The Labute approximate surface area is 88.0 Å². The molecule has 0 saturated carbocycles. The second kappa shape index (κ2) is 4.85. The summed E-state index contributed by atoms with van der Waals surface area (Å²) in [6, 6.07) is 6.91. The zero-order valence-corrected chi connectivity index (χ0v) is 8.58. The molecule has 14 heavy (non-hydrogen) atoms. The zero-order valence-electron chi connectivity index (χ0n) is 7.83. The van der Waals surface area contributed by atoms with E-state index in [0.29, 0.717) is 10.8 Å². The Kier molecular flexibility index (Phi) is 3.75. The lowest BCUT2D eigenvalue weighted by Gasteiger charge is -2.12. The minimum atomic E-state index is -0.164. The van der Waals surface area contributed by atoms with Crippen LogP contribution >= 0.6 is 11.6 Å². The Morgan fingerprint density at radius 1 is 1.64 bits per heavy atom. The summed E-state index contributed by atoms with van der Waals surface area (Å²) in [6.45, 7) is 1.85. The van der Waals surface area contributed by atoms with Gasteiger partial charge in [-0.25, -0.2) is 0 Å². The van der Waals surface area contributed by atoms with Crippen molar-refractivity contribution in [2.75, 3.05) is 6.61 Å². The van der Waals surface area contributed by atoms with Crippen molar-refractivity contribution in [2.24, 2.45) is 5.73 Å². The van der Waals surface area contributed by atoms with Crippen LogP contribution in [0.1, 0.15) is 18.5 Å². The molecule has 74 valence electrons. The second-order valence-electron chi connectivity index (χ2n) is 2.92. The van der Waals surface area contributed by atoms with Gasteiger partial charge in [0.25, 0.3) is 0 Å². The van der Waals surface area contributed by atoms with E-state index in [9.17, 15) is 0 Å². The third-order valence-electron chi connectivity index (χ3n) is 1.75. The lowest BCUT2D eigenvalue weighted by Crippen LogP contribution is -2.08. The molecule has 1 atom stereocenters. The number of halogens is 1. The molecule has 0 amide bonds. The quantitative estimate of drug-likeness (QED) is 0.833. The molecule has 0 aliphatic rings. The molecule has 0 unspecified atom stereocenters. The van der Waals surface area contributed by atoms with Crippen molar-refractivity contribution in [1.82, 2.24) is 0 Å². The fourth-order valence-corrected chi connectivity index (χ4v) is 1.30. The number of hydrogen-bond donors (Lipinski definition) is 1. The molecule has 0 aliphatic heterocycles. The summed E-state index contributed by atoms with van der Waals surface area (Å²) in [5.41, 5.74) is 6.55. The van der Waals surface area contributed by atoms with Gasteiger partial charge in [-0.2, -0.15) is 5.26 Å². The predicted octanol–water partition coefficient (Wildman–Crippen LogP) is 2.26. The van der Waals surface area contributed by atoms with E-state index in [1.807, 2.05) is 13.0 Å². The molecule has 0 heterocycles. The molecule has 0 radical (unpaired) electrons. The van der Waals surface area contributed by atoms with Crippen molar-refractivity contribution in [3.05, 3.63) is 28.8 Å². The molecule has 4 heteroatoms. The van der Waals surface area contributed by atoms with Gasteiger partial charge in [0.05, 0.1) is 0 Å². The van der Waals surface area contributed by atoms with Crippen LogP contribution < -0.4 is 10.5 Å². The topological polar surface area (TPSA) is 59.0 Å². The third kappa shape index (κ3) is 2.63. The first-order chi connectivity index (χ1) is 6.65. The number of nitrogens with two attached hydrogens (primary N) is 1. The van der Waals surface area contributed by atoms with Crippen molar-refractivity contribution in [1.29, 1.82) is 5.26 Å². The Bertz CT molecular complexity index is 358. The second-order valence-corrected chi connectivity index (χ2v) is 3.35. The molecular weight excluding hydrogens is 200 g/mol. The maximum absolute atomic E-state index is 8.38. The molecule has 0 aliphatic carbocycles. The standard InChI is InChI=1S/C10H11ClN2O/c1-7(13)9-6-8(11)2-3-10(9)14-5-4-12/h2-3,6-7H,5,13H2,1H3/t7-/m0/s1. The van der Waals surface area contributed by atoms with E-state index in [-0.39, 0.29) is 12.6 Å². The van der Waals surface area contributed by atoms with Crippen molar-refractivity contribution >= 4 is 11.6 Å². The van der Waals surface area contributed by atoms with Crippen LogP contribution in [0.4, 0.5) is 0 Å². The summed E-state index contributed by atoms with van der Waals surface area (Å²) >= 11 is 5.82. The molecule has 1 aromatic carbocycles. The maximum atomic E-state index is 8.38. The van der Waals surface area contributed by atoms with Crippen LogP contribution in [0.5, 0.6) is 5.75 Å². The van der Waals surface area contributed by atoms with Crippen LogP contribution in [0.3, 0.4) is 0 Å². The largest absolute Gasteiger partial charge is 0.478 e. The Morgan fingerprint density at radius 2 is 2.36 bits per heavy atom. The van der Waals surface area contributed by atoms with Crippen molar-refractivity contribution in [3.8, 4) is 11.8 Å². The number of ether oxygens (including phenoxy) is 1. The molecular formula is C10H11ClN2O. The number of nitriles is 1. The lowest BCUT2D eigenvalue weighted by atomic mass is 10.1. The smallest absolute Gasteiger partial charge is 0.174 e. The minimum Gasteiger partial charge on any atom is -0.478 e. The average Bonchev–Trinajstić information content (AvgIpc) is 2.15. The van der Waals surface area contributed by atoms with Gasteiger partial charge < -0.3 is 10.5 Å². The van der Waals surface area contributed by atoms with Gasteiger partial charge in [-0.1, -0.05) is 11.6 Å². The highest BCUT2D eigenvalue weighted by Gasteiger charge is 2.08. The SMILES string of the molecule is C[C@H](N)c1cc(Cl)ccc1OCC#N. The van der Waals surface area contributed by atoms with E-state index in [2.05, 4.69) is 0 Å². The summed E-state index contributed by atoms with van der Waals surface area (Å²) in [7, 11) is 0. The Hall–Kier alpha value is -1.24. The number of hydrogen-bond acceptors (Lipinski definition) is 3. The summed E-state index contributed by atoms with van der Waals surface area (Å²) in [5.74, 6) is 0.617. The summed E-state index contributed by atoms with van der Waals surface area (Å²) in [6.07, 6.45) is 0. The molecule has 0 bridgehead atoms. The van der Waals surface area contributed by atoms with Crippen LogP contribution in [0.25, 0.3) is 0 Å². The van der Waals surface area contributed by atoms with E-state index < -0.39 is 0 Å². The average molecular weight is 211 g/mol. The number of benzene rings is 1. The Balaban J connectivity index is 2.97. The Morgan fingerprint density at radius 3 is 2.93 bits per heavy atom. The predicted molar refractivity (Wildman–Crippen MR) is 55.2 cm³/mol. The van der Waals surface area contributed by atoms with E-state index >= 15 is 0 Å². The van der Waals surface area contributed by atoms with E-state index in [0.717, 1.165) is 5.56 Å². The van der Waals surface area contributed by atoms with Crippen molar-refractivity contribution < 1.29 is 4.74 Å². The maximum Gasteiger partial charge on any atom is 0.174 e. The summed E-state index contributed by atoms with van der Waals surface area (Å²) < 4.78 is 5.20. The fraction of sp³-hybridized carbons (Fsp3) is 0.300. The van der Waals surface area contributed by atoms with Gasteiger partial charge in [0.15, 0.2) is 6.61 Å². The van der Waals surface area contributed by atoms with Gasteiger partial charge in [0.2, 0.25) is 0 Å². The third-order valence-corrected chi connectivity index (χ3v) is 1.99. The van der Waals surface area contributed by atoms with Crippen LogP contribution in [-0.4, -0.2) is 6.61 Å². The van der Waals surface area contributed by atoms with E-state index in [1.54, 1.807) is 18.2 Å². The van der Waals surface area contributed by atoms with Gasteiger partial charge in [-0.3, -0.25) is 0 Å². The highest BCUT2D eigenvalue weighted by Crippen LogP contribution is 2.26. The van der Waals surface area contributed by atoms with Gasteiger partial charge in [-0.15, -0.1) is 0 Å². The molecule has 1 rings (SSSR count). The monoisotopic (exact) mass is 210 g/mol. The van der Waals surface area contributed by atoms with Crippen LogP contribution in [-0.2, 0) is 0 Å². The highest BCUT2D eigenvalue weighted by molar-refractivity contribution is 6.30. The van der Waals surface area contributed by atoms with Gasteiger partial charge in [-0.05, 0) is 25.1 Å². The summed E-state index contributed by atoms with van der Waals surface area (Å²) in [4.78, 5) is 0. The summed E-state index contributed by atoms with van der Waals surface area (Å²) in [5, 5.41) is 8.99. The first kappa shape index (κ1) is 10.8.